The zero-order valence-electron chi connectivity index (χ0n) is 14.9. The van der Waals surface area contributed by atoms with Crippen molar-refractivity contribution in [2.75, 3.05) is 16.9 Å². The average Bonchev–Trinajstić information content (AvgIpc) is 3.06. The van der Waals surface area contributed by atoms with Crippen LogP contribution in [0.15, 0.2) is 35.6 Å². The third kappa shape index (κ3) is 5.37. The Labute approximate surface area is 152 Å². The van der Waals surface area contributed by atoms with Crippen molar-refractivity contribution < 1.29 is 2.85 Å². The minimum atomic E-state index is 0. The highest BCUT2D eigenvalue weighted by Crippen LogP contribution is 2.24. The molecule has 1 unspecified atom stereocenters. The van der Waals surface area contributed by atoms with Gasteiger partial charge in [0.2, 0.25) is 5.95 Å². The molecule has 2 aromatic rings. The summed E-state index contributed by atoms with van der Waals surface area (Å²) in [6.07, 6.45) is 11.0. The van der Waals surface area contributed by atoms with Gasteiger partial charge in [-0.05, 0) is 44.1 Å². The molecule has 1 aliphatic carbocycles. The summed E-state index contributed by atoms with van der Waals surface area (Å²) in [4.78, 5) is 14.2. The lowest BCUT2D eigenvalue weighted by Gasteiger charge is -2.15. The predicted molar refractivity (Wildman–Crippen MR) is 107 cm³/mol. The summed E-state index contributed by atoms with van der Waals surface area (Å²) < 4.78 is 0. The zero-order chi connectivity index (χ0) is 17.4. The van der Waals surface area contributed by atoms with E-state index in [1.807, 2.05) is 44.8 Å². The molecule has 0 aliphatic heterocycles. The quantitative estimate of drug-likeness (QED) is 0.751. The van der Waals surface area contributed by atoms with Crippen LogP contribution in [-0.2, 0) is 0 Å². The van der Waals surface area contributed by atoms with Crippen LogP contribution >= 0.6 is 11.8 Å². The summed E-state index contributed by atoms with van der Waals surface area (Å²) in [6, 6.07) is 5.00. The van der Waals surface area contributed by atoms with Crippen LogP contribution in [0.4, 0.5) is 11.8 Å². The second-order valence-corrected chi connectivity index (χ2v) is 6.54. The predicted octanol–water partition coefficient (Wildman–Crippen LogP) is 4.87. The number of anilines is 2. The first kappa shape index (κ1) is 18.5. The van der Waals surface area contributed by atoms with Gasteiger partial charge in [0.05, 0.1) is 0 Å². The largest absolute Gasteiger partial charge is 0.367 e. The number of hydrogen-bond acceptors (Lipinski definition) is 6. The number of hydrogen-bond donors (Lipinski definition) is 2. The molecule has 2 atom stereocenters. The lowest BCUT2D eigenvalue weighted by Crippen LogP contribution is -2.22. The lowest BCUT2D eigenvalue weighted by atomic mass is 10.2. The van der Waals surface area contributed by atoms with Crippen LogP contribution in [-0.4, -0.2) is 33.3 Å². The molecule has 2 heterocycles. The molecule has 0 spiro atoms. The average molecular weight is 350 g/mol. The molecule has 24 heavy (non-hydrogen) atoms. The van der Waals surface area contributed by atoms with Crippen LogP contribution in [0.25, 0.3) is 0 Å². The summed E-state index contributed by atoms with van der Waals surface area (Å²) >= 11 is 1.65. The van der Waals surface area contributed by atoms with Crippen molar-refractivity contribution in [2.45, 2.75) is 57.0 Å². The van der Waals surface area contributed by atoms with Gasteiger partial charge in [-0.2, -0.15) is 0 Å². The molecule has 0 saturated heterocycles. The topological polar surface area (TPSA) is 62.7 Å². The normalized spacial score (nSPS) is 19.3. The Morgan fingerprint density at radius 2 is 1.67 bits per heavy atom. The highest BCUT2D eigenvalue weighted by atomic mass is 32.2. The molecule has 1 fully saturated rings. The molecule has 3 rings (SSSR count). The van der Waals surface area contributed by atoms with Gasteiger partial charge in [0.1, 0.15) is 5.82 Å². The van der Waals surface area contributed by atoms with Gasteiger partial charge in [-0.15, -0.1) is 11.8 Å². The lowest BCUT2D eigenvalue weighted by molar-refractivity contribution is 0.716. The molecule has 1 saturated carbocycles. The number of aryl methyl sites for hydroxylation is 1. The Morgan fingerprint density at radius 3 is 2.25 bits per heavy atom. The molecular formula is C18H31N5S. The van der Waals surface area contributed by atoms with E-state index in [9.17, 15) is 0 Å². The Hall–Kier alpha value is -1.82. The van der Waals surface area contributed by atoms with Gasteiger partial charge in [0.15, 0.2) is 0 Å². The van der Waals surface area contributed by atoms with Crippen LogP contribution < -0.4 is 10.6 Å². The highest BCUT2D eigenvalue weighted by molar-refractivity contribution is 7.98. The van der Waals surface area contributed by atoms with Crippen molar-refractivity contribution in [2.24, 2.45) is 0 Å². The Morgan fingerprint density at radius 1 is 1.00 bits per heavy atom. The minimum absolute atomic E-state index is 0. The maximum atomic E-state index is 4.41. The molecule has 134 valence electrons. The summed E-state index contributed by atoms with van der Waals surface area (Å²) in [5, 5.41) is 6.93. The molecule has 6 heteroatoms. The van der Waals surface area contributed by atoms with E-state index in [4.69, 9.17) is 0 Å². The van der Waals surface area contributed by atoms with Crippen molar-refractivity contribution in [1.82, 2.24) is 15.0 Å². The molecular weight excluding hydrogens is 318 g/mol. The zero-order valence-corrected chi connectivity index (χ0v) is 15.7. The summed E-state index contributed by atoms with van der Waals surface area (Å²) in [5.74, 6) is 1.67. The van der Waals surface area contributed by atoms with Crippen LogP contribution in [0, 0.1) is 6.92 Å². The fourth-order valence-electron chi connectivity index (χ4n) is 2.68. The second-order valence-electron chi connectivity index (χ2n) is 5.66. The first-order valence-corrected chi connectivity index (χ1v) is 9.77. The molecule has 2 N–H and O–H groups in total. The SMILES string of the molecule is CC.CSc1cnc(NC2CC[C@H](Nc3ccc(C)cn3)C2)nc1.[HH].[HH]. The summed E-state index contributed by atoms with van der Waals surface area (Å²) in [7, 11) is 0. The summed E-state index contributed by atoms with van der Waals surface area (Å²) in [5.41, 5.74) is 1.18. The van der Waals surface area contributed by atoms with E-state index in [1.165, 1.54) is 5.56 Å². The minimum Gasteiger partial charge on any atom is -0.367 e. The first-order chi connectivity index (χ1) is 11.7. The Bertz CT molecular complexity index is 610. The van der Waals surface area contributed by atoms with E-state index in [1.54, 1.807) is 11.8 Å². The van der Waals surface area contributed by atoms with Gasteiger partial charge in [-0.3, -0.25) is 0 Å². The van der Waals surface area contributed by atoms with Gasteiger partial charge in [0, 0.05) is 38.4 Å². The van der Waals surface area contributed by atoms with Gasteiger partial charge in [0.25, 0.3) is 0 Å². The molecule has 0 bridgehead atoms. The van der Waals surface area contributed by atoms with Crippen molar-refractivity contribution in [3.8, 4) is 0 Å². The number of nitrogens with one attached hydrogen (secondary N) is 2. The second kappa shape index (κ2) is 9.47. The van der Waals surface area contributed by atoms with Crippen LogP contribution in [0.2, 0.25) is 0 Å². The van der Waals surface area contributed by atoms with Crippen LogP contribution in [0.1, 0.15) is 41.5 Å². The third-order valence-electron chi connectivity index (χ3n) is 3.89. The van der Waals surface area contributed by atoms with Crippen molar-refractivity contribution in [1.29, 1.82) is 0 Å². The van der Waals surface area contributed by atoms with E-state index in [2.05, 4.69) is 38.6 Å². The standard InChI is InChI=1S/C16H21N5S.C2H6.2H2/c1-11-3-6-15(17-8-11)20-12-4-5-13(7-12)21-16-18-9-14(22-2)10-19-16;1-2;;/h3,6,8-10,12-13H,4-5,7H2,1-2H3,(H,17,20)(H,18,19,21);1-2H3;2*1H/t12-,13?;;;/m0.../s1. The van der Waals surface area contributed by atoms with E-state index < -0.39 is 0 Å². The van der Waals surface area contributed by atoms with Crippen LogP contribution in [0.5, 0.6) is 0 Å². The van der Waals surface area contributed by atoms with Crippen molar-refractivity contribution in [3.63, 3.8) is 0 Å². The fourth-order valence-corrected chi connectivity index (χ4v) is 3.00. The molecule has 0 amide bonds. The van der Waals surface area contributed by atoms with Gasteiger partial charge < -0.3 is 10.6 Å². The van der Waals surface area contributed by atoms with Crippen LogP contribution in [0.3, 0.4) is 0 Å². The highest BCUT2D eigenvalue weighted by Gasteiger charge is 2.25. The number of aromatic nitrogens is 3. The molecule has 0 aromatic carbocycles. The molecule has 5 nitrogen and oxygen atoms in total. The number of nitrogens with zero attached hydrogens (tertiary/aromatic N) is 3. The van der Waals surface area contributed by atoms with E-state index in [0.29, 0.717) is 12.1 Å². The fraction of sp³-hybridized carbons (Fsp3) is 0.500. The molecule has 2 aromatic heterocycles. The number of pyridine rings is 1. The Balaban J connectivity index is 0.00000151. The first-order valence-electron chi connectivity index (χ1n) is 8.54. The van der Waals surface area contributed by atoms with Crippen molar-refractivity contribution in [3.05, 3.63) is 36.3 Å². The van der Waals surface area contributed by atoms with Crippen molar-refractivity contribution >= 4 is 23.5 Å². The van der Waals surface area contributed by atoms with Gasteiger partial charge in [-0.25, -0.2) is 15.0 Å². The monoisotopic (exact) mass is 349 g/mol. The maximum Gasteiger partial charge on any atom is 0.222 e. The number of rotatable bonds is 5. The van der Waals surface area contributed by atoms with E-state index in [-0.39, 0.29) is 2.85 Å². The summed E-state index contributed by atoms with van der Waals surface area (Å²) in [6.45, 7) is 6.05. The smallest absolute Gasteiger partial charge is 0.222 e. The third-order valence-corrected chi connectivity index (χ3v) is 4.58. The molecule has 0 radical (unpaired) electrons. The van der Waals surface area contributed by atoms with E-state index in [0.717, 1.165) is 35.9 Å². The molecule has 1 aliphatic rings. The van der Waals surface area contributed by atoms with Gasteiger partial charge >= 0.3 is 0 Å². The number of thioether (sulfide) groups is 1. The maximum absolute atomic E-state index is 4.41. The Kier molecular flexibility index (Phi) is 7.31. The van der Waals surface area contributed by atoms with Gasteiger partial charge in [-0.1, -0.05) is 19.9 Å². The van der Waals surface area contributed by atoms with E-state index >= 15 is 0 Å².